The van der Waals surface area contributed by atoms with Crippen LogP contribution in [-0.2, 0) is 16.1 Å². The number of halogens is 1. The van der Waals surface area contributed by atoms with Crippen molar-refractivity contribution in [3.05, 3.63) is 71.2 Å². The van der Waals surface area contributed by atoms with Crippen molar-refractivity contribution in [2.75, 3.05) is 19.7 Å². The first-order valence-corrected chi connectivity index (χ1v) is 11.3. The average Bonchev–Trinajstić information content (AvgIpc) is 3.05. The maximum atomic E-state index is 13.5. The first-order chi connectivity index (χ1) is 15.5. The van der Waals surface area contributed by atoms with E-state index in [-0.39, 0.29) is 24.2 Å². The molecule has 2 heterocycles. The van der Waals surface area contributed by atoms with Crippen molar-refractivity contribution in [3.8, 4) is 5.75 Å². The normalized spacial score (nSPS) is 17.5. The number of piperidine rings is 1. The van der Waals surface area contributed by atoms with Crippen molar-refractivity contribution in [1.82, 2.24) is 9.80 Å². The van der Waals surface area contributed by atoms with E-state index in [0.717, 1.165) is 38.1 Å². The molecular formula is C26H29FN2O3. The van der Waals surface area contributed by atoms with Gasteiger partial charge in [0.2, 0.25) is 0 Å². The number of benzene rings is 2. The third-order valence-corrected chi connectivity index (χ3v) is 6.11. The number of ether oxygens (including phenoxy) is 1. The highest BCUT2D eigenvalue weighted by Gasteiger charge is 2.42. The first-order valence-electron chi connectivity index (χ1n) is 11.3. The average molecular weight is 437 g/mol. The van der Waals surface area contributed by atoms with Crippen LogP contribution in [0.1, 0.15) is 44.2 Å². The van der Waals surface area contributed by atoms with Crippen molar-refractivity contribution in [2.45, 2.75) is 39.7 Å². The van der Waals surface area contributed by atoms with E-state index in [1.807, 2.05) is 31.2 Å². The minimum Gasteiger partial charge on any atom is -0.494 e. The van der Waals surface area contributed by atoms with Gasteiger partial charge in [-0.05, 0) is 60.6 Å². The molecule has 0 unspecified atom stereocenters. The Labute approximate surface area is 188 Å². The lowest BCUT2D eigenvalue weighted by Crippen LogP contribution is -2.38. The zero-order valence-corrected chi connectivity index (χ0v) is 18.6. The Morgan fingerprint density at radius 2 is 1.62 bits per heavy atom. The number of imide groups is 1. The minimum atomic E-state index is -0.347. The van der Waals surface area contributed by atoms with Gasteiger partial charge in [-0.15, -0.1) is 0 Å². The molecule has 0 aromatic heterocycles. The summed E-state index contributed by atoms with van der Waals surface area (Å²) in [5, 5.41) is 0. The maximum Gasteiger partial charge on any atom is 0.278 e. The fourth-order valence-electron chi connectivity index (χ4n) is 4.20. The minimum absolute atomic E-state index is 0.118. The number of carbonyl (C=O) groups is 2. The molecule has 0 atom stereocenters. The van der Waals surface area contributed by atoms with E-state index in [2.05, 4.69) is 11.8 Å². The van der Waals surface area contributed by atoms with Gasteiger partial charge in [-0.2, -0.15) is 0 Å². The highest BCUT2D eigenvalue weighted by Crippen LogP contribution is 2.35. The molecule has 0 saturated carbocycles. The summed E-state index contributed by atoms with van der Waals surface area (Å²) in [5.41, 5.74) is 2.34. The van der Waals surface area contributed by atoms with Gasteiger partial charge in [-0.3, -0.25) is 14.5 Å². The number of hydrogen-bond donors (Lipinski definition) is 0. The summed E-state index contributed by atoms with van der Waals surface area (Å²) >= 11 is 0. The summed E-state index contributed by atoms with van der Waals surface area (Å²) in [7, 11) is 0. The molecule has 2 aliphatic heterocycles. The second-order valence-electron chi connectivity index (χ2n) is 8.59. The molecule has 2 amide bonds. The predicted molar refractivity (Wildman–Crippen MR) is 121 cm³/mol. The highest BCUT2D eigenvalue weighted by molar-refractivity contribution is 6.35. The lowest BCUT2D eigenvalue weighted by molar-refractivity contribution is -0.138. The van der Waals surface area contributed by atoms with Crippen LogP contribution in [0.15, 0.2) is 54.2 Å². The highest BCUT2D eigenvalue weighted by atomic mass is 19.1. The summed E-state index contributed by atoms with van der Waals surface area (Å²) in [6.07, 6.45) is 2.88. The summed E-state index contributed by atoms with van der Waals surface area (Å²) in [6.45, 7) is 6.50. The smallest absolute Gasteiger partial charge is 0.278 e. The fraction of sp³-hybridized carbons (Fsp3) is 0.385. The van der Waals surface area contributed by atoms with E-state index in [4.69, 9.17) is 4.74 Å². The second-order valence-corrected chi connectivity index (χ2v) is 8.59. The van der Waals surface area contributed by atoms with E-state index < -0.39 is 0 Å². The van der Waals surface area contributed by atoms with Crippen LogP contribution in [0.4, 0.5) is 4.39 Å². The van der Waals surface area contributed by atoms with Gasteiger partial charge < -0.3 is 9.64 Å². The van der Waals surface area contributed by atoms with Crippen molar-refractivity contribution in [1.29, 1.82) is 0 Å². The van der Waals surface area contributed by atoms with Crippen molar-refractivity contribution < 1.29 is 18.7 Å². The maximum absolute atomic E-state index is 13.5. The van der Waals surface area contributed by atoms with E-state index in [9.17, 15) is 14.0 Å². The summed E-state index contributed by atoms with van der Waals surface area (Å²) in [5.74, 6) is 0.405. The molecule has 0 N–H and O–H groups in total. The monoisotopic (exact) mass is 436 g/mol. The van der Waals surface area contributed by atoms with Gasteiger partial charge >= 0.3 is 0 Å². The SMILES string of the molecule is CCCOc1ccc(C2=C(N3CCC(C)CC3)C(=O)N(Cc3ccc(F)cc3)C2=O)cc1. The Morgan fingerprint density at radius 3 is 2.25 bits per heavy atom. The van der Waals surface area contributed by atoms with Crippen LogP contribution in [0.2, 0.25) is 0 Å². The number of hydrogen-bond acceptors (Lipinski definition) is 4. The molecule has 6 heteroatoms. The topological polar surface area (TPSA) is 49.9 Å². The molecule has 5 nitrogen and oxygen atoms in total. The van der Waals surface area contributed by atoms with E-state index in [1.165, 1.54) is 17.0 Å². The van der Waals surface area contributed by atoms with Gasteiger partial charge in [0.15, 0.2) is 0 Å². The van der Waals surface area contributed by atoms with Crippen LogP contribution < -0.4 is 4.74 Å². The lowest BCUT2D eigenvalue weighted by atomic mass is 9.97. The Morgan fingerprint density at radius 1 is 0.969 bits per heavy atom. The Balaban J connectivity index is 1.67. The number of rotatable bonds is 7. The van der Waals surface area contributed by atoms with Gasteiger partial charge in [0.1, 0.15) is 17.3 Å². The molecule has 0 aliphatic carbocycles. The van der Waals surface area contributed by atoms with Gasteiger partial charge in [-0.1, -0.05) is 38.1 Å². The molecule has 0 spiro atoms. The molecule has 32 heavy (non-hydrogen) atoms. The van der Waals surface area contributed by atoms with Crippen LogP contribution >= 0.6 is 0 Å². The van der Waals surface area contributed by atoms with Crippen LogP contribution in [0.3, 0.4) is 0 Å². The van der Waals surface area contributed by atoms with E-state index >= 15 is 0 Å². The number of amides is 2. The summed E-state index contributed by atoms with van der Waals surface area (Å²) in [4.78, 5) is 30.3. The third-order valence-electron chi connectivity index (χ3n) is 6.11. The standard InChI is InChI=1S/C26H29FN2O3/c1-3-16-32-22-10-6-20(7-11-22)23-24(28-14-12-18(2)13-15-28)26(31)29(25(23)30)17-19-4-8-21(27)9-5-19/h4-11,18H,3,12-17H2,1-2H3. The van der Waals surface area contributed by atoms with E-state index in [1.54, 1.807) is 12.1 Å². The van der Waals surface area contributed by atoms with E-state index in [0.29, 0.717) is 34.9 Å². The fourth-order valence-corrected chi connectivity index (χ4v) is 4.20. The van der Waals surface area contributed by atoms with Gasteiger partial charge in [0, 0.05) is 13.1 Å². The zero-order valence-electron chi connectivity index (χ0n) is 18.6. The number of likely N-dealkylation sites (tertiary alicyclic amines) is 1. The zero-order chi connectivity index (χ0) is 22.7. The molecule has 0 radical (unpaired) electrons. The molecule has 2 aromatic rings. The quantitative estimate of drug-likeness (QED) is 0.594. The predicted octanol–water partition coefficient (Wildman–Crippen LogP) is 4.63. The molecular weight excluding hydrogens is 407 g/mol. The number of carbonyl (C=O) groups excluding carboxylic acids is 2. The molecule has 2 aliphatic rings. The largest absolute Gasteiger partial charge is 0.494 e. The summed E-state index contributed by atoms with van der Waals surface area (Å²) in [6, 6.07) is 13.3. The molecule has 1 fully saturated rings. The molecule has 168 valence electrons. The molecule has 2 aromatic carbocycles. The van der Waals surface area contributed by atoms with Gasteiger partial charge in [0.05, 0.1) is 18.7 Å². The first kappa shape index (κ1) is 22.1. The third kappa shape index (κ3) is 4.54. The lowest BCUT2D eigenvalue weighted by Gasteiger charge is -2.32. The Hall–Kier alpha value is -3.15. The Kier molecular flexibility index (Phi) is 6.58. The Bertz CT molecular complexity index is 1010. The van der Waals surface area contributed by atoms with Crippen molar-refractivity contribution in [3.63, 3.8) is 0 Å². The van der Waals surface area contributed by atoms with Crippen LogP contribution in [0, 0.1) is 11.7 Å². The van der Waals surface area contributed by atoms with Crippen LogP contribution in [0.25, 0.3) is 5.57 Å². The molecule has 4 rings (SSSR count). The second kappa shape index (κ2) is 9.55. The number of nitrogens with zero attached hydrogens (tertiary/aromatic N) is 2. The van der Waals surface area contributed by atoms with Crippen LogP contribution in [0.5, 0.6) is 5.75 Å². The van der Waals surface area contributed by atoms with Crippen molar-refractivity contribution in [2.24, 2.45) is 5.92 Å². The van der Waals surface area contributed by atoms with Gasteiger partial charge in [-0.25, -0.2) is 4.39 Å². The van der Waals surface area contributed by atoms with Gasteiger partial charge in [0.25, 0.3) is 11.8 Å². The van der Waals surface area contributed by atoms with Crippen LogP contribution in [-0.4, -0.2) is 41.3 Å². The summed E-state index contributed by atoms with van der Waals surface area (Å²) < 4.78 is 19.0. The molecule has 1 saturated heterocycles. The molecule has 0 bridgehead atoms. The van der Waals surface area contributed by atoms with Crippen molar-refractivity contribution >= 4 is 17.4 Å².